The number of hydrogen-bond acceptors (Lipinski definition) is 3. The fourth-order valence-corrected chi connectivity index (χ4v) is 3.88. The number of carbonyl (C=O) groups excluding carboxylic acids is 1. The molecule has 0 aliphatic carbocycles. The lowest BCUT2D eigenvalue weighted by Gasteiger charge is -2.21. The summed E-state index contributed by atoms with van der Waals surface area (Å²) in [7, 11) is 0. The monoisotopic (exact) mass is 459 g/mol. The molecular formula is C29H25N5O. The first-order valence-electron chi connectivity index (χ1n) is 11.5. The number of aromatic nitrogens is 2. The number of anilines is 1. The van der Waals surface area contributed by atoms with Crippen LogP contribution < -0.4 is 10.4 Å². The zero-order valence-electron chi connectivity index (χ0n) is 19.1. The number of benzene rings is 4. The second kappa shape index (κ2) is 10.6. The molecule has 0 aliphatic rings. The van der Waals surface area contributed by atoms with Gasteiger partial charge in [0, 0.05) is 30.4 Å². The Hall–Kier alpha value is -4.55. The Labute approximate surface area is 204 Å². The summed E-state index contributed by atoms with van der Waals surface area (Å²) in [5.41, 5.74) is 8.09. The molecule has 1 aromatic heterocycles. The number of rotatable bonds is 8. The van der Waals surface area contributed by atoms with E-state index in [9.17, 15) is 4.79 Å². The number of aromatic amines is 1. The van der Waals surface area contributed by atoms with E-state index in [4.69, 9.17) is 0 Å². The second-order valence-electron chi connectivity index (χ2n) is 8.13. The molecule has 1 amide bonds. The minimum atomic E-state index is -0.294. The number of amides is 1. The van der Waals surface area contributed by atoms with Crippen LogP contribution >= 0.6 is 0 Å². The molecule has 0 spiro atoms. The van der Waals surface area contributed by atoms with Gasteiger partial charge in [-0.1, -0.05) is 72.8 Å². The van der Waals surface area contributed by atoms with Crippen LogP contribution in [0.1, 0.15) is 16.1 Å². The van der Waals surface area contributed by atoms with E-state index in [2.05, 4.69) is 44.7 Å². The lowest BCUT2D eigenvalue weighted by atomic mass is 10.1. The topological polar surface area (TPSA) is 73.4 Å². The van der Waals surface area contributed by atoms with Crippen LogP contribution in [0.3, 0.4) is 0 Å². The van der Waals surface area contributed by atoms with Crippen LogP contribution in [0.15, 0.2) is 115 Å². The molecule has 172 valence electrons. The summed E-state index contributed by atoms with van der Waals surface area (Å²) < 4.78 is 0. The predicted octanol–water partition coefficient (Wildman–Crippen LogP) is 5.65. The maximum atomic E-state index is 12.9. The second-order valence-corrected chi connectivity index (χ2v) is 8.13. The molecule has 0 aliphatic heterocycles. The lowest BCUT2D eigenvalue weighted by molar-refractivity contribution is 0.100. The zero-order valence-corrected chi connectivity index (χ0v) is 19.1. The van der Waals surface area contributed by atoms with E-state index >= 15 is 0 Å². The van der Waals surface area contributed by atoms with Gasteiger partial charge in [0.15, 0.2) is 0 Å². The van der Waals surface area contributed by atoms with Gasteiger partial charge in [-0.2, -0.15) is 4.99 Å². The fourth-order valence-electron chi connectivity index (χ4n) is 3.88. The first-order valence-corrected chi connectivity index (χ1v) is 11.5. The Balaban J connectivity index is 1.35. The largest absolute Gasteiger partial charge is 0.348 e. The van der Waals surface area contributed by atoms with Crippen LogP contribution in [0, 0.1) is 0 Å². The molecule has 1 heterocycles. The van der Waals surface area contributed by atoms with E-state index < -0.39 is 0 Å². The van der Waals surface area contributed by atoms with Crippen molar-refractivity contribution in [3.8, 4) is 11.1 Å². The Kier molecular flexibility index (Phi) is 6.73. The van der Waals surface area contributed by atoms with Crippen molar-refractivity contribution in [2.24, 2.45) is 4.99 Å². The summed E-state index contributed by atoms with van der Waals surface area (Å²) in [6, 6.07) is 32.0. The van der Waals surface area contributed by atoms with Gasteiger partial charge in [-0.05, 0) is 46.2 Å². The van der Waals surface area contributed by atoms with Crippen LogP contribution in [0.2, 0.25) is 0 Å². The number of hydrazine groups is 1. The Bertz CT molecular complexity index is 1430. The van der Waals surface area contributed by atoms with E-state index in [0.717, 1.165) is 39.7 Å². The summed E-state index contributed by atoms with van der Waals surface area (Å²) in [5, 5.41) is 3.89. The molecule has 6 heteroatoms. The summed E-state index contributed by atoms with van der Waals surface area (Å²) >= 11 is 0. The summed E-state index contributed by atoms with van der Waals surface area (Å²) in [6.07, 6.45) is 5.77. The SMILES string of the molecule is O=C(N=CN(NCCc1cnc[nH]1)c1ccc(-c2ccccc2)cc1)c1ccc2ccccc2c1. The van der Waals surface area contributed by atoms with Crippen LogP contribution in [-0.2, 0) is 6.42 Å². The molecule has 0 radical (unpaired) electrons. The summed E-state index contributed by atoms with van der Waals surface area (Å²) in [5.74, 6) is -0.294. The average Bonchev–Trinajstić information content (AvgIpc) is 3.44. The number of nitrogens with one attached hydrogen (secondary N) is 2. The molecule has 0 atom stereocenters. The highest BCUT2D eigenvalue weighted by molar-refractivity contribution is 6.03. The Morgan fingerprint density at radius 3 is 2.40 bits per heavy atom. The maximum Gasteiger partial charge on any atom is 0.278 e. The van der Waals surface area contributed by atoms with Gasteiger partial charge in [0.2, 0.25) is 0 Å². The van der Waals surface area contributed by atoms with Crippen LogP contribution in [0.5, 0.6) is 0 Å². The van der Waals surface area contributed by atoms with Gasteiger partial charge in [0.1, 0.15) is 6.34 Å². The molecule has 0 saturated carbocycles. The third kappa shape index (κ3) is 5.51. The highest BCUT2D eigenvalue weighted by Crippen LogP contribution is 2.22. The van der Waals surface area contributed by atoms with Gasteiger partial charge in [0.25, 0.3) is 5.91 Å². The highest BCUT2D eigenvalue weighted by Gasteiger charge is 2.09. The van der Waals surface area contributed by atoms with Crippen LogP contribution in [-0.4, -0.2) is 28.8 Å². The lowest BCUT2D eigenvalue weighted by Crippen LogP contribution is -2.38. The fraction of sp³-hybridized carbons (Fsp3) is 0.0690. The maximum absolute atomic E-state index is 12.9. The van der Waals surface area contributed by atoms with Gasteiger partial charge in [0.05, 0.1) is 12.0 Å². The van der Waals surface area contributed by atoms with E-state index in [1.54, 1.807) is 23.9 Å². The molecule has 35 heavy (non-hydrogen) atoms. The number of nitrogens with zero attached hydrogens (tertiary/aromatic N) is 3. The number of fused-ring (bicyclic) bond motifs is 1. The number of hydrogen-bond donors (Lipinski definition) is 2. The van der Waals surface area contributed by atoms with Gasteiger partial charge < -0.3 is 4.98 Å². The molecule has 0 fully saturated rings. The molecule has 6 nitrogen and oxygen atoms in total. The van der Waals surface area contributed by atoms with Crippen molar-refractivity contribution in [2.75, 3.05) is 11.6 Å². The Morgan fingerprint density at radius 1 is 0.886 bits per heavy atom. The van der Waals surface area contributed by atoms with E-state index in [0.29, 0.717) is 12.1 Å². The molecule has 0 saturated heterocycles. The summed E-state index contributed by atoms with van der Waals surface area (Å²) in [6.45, 7) is 0.638. The van der Waals surface area contributed by atoms with E-state index in [1.165, 1.54) is 0 Å². The van der Waals surface area contributed by atoms with Crippen LogP contribution in [0.4, 0.5) is 5.69 Å². The summed E-state index contributed by atoms with van der Waals surface area (Å²) in [4.78, 5) is 24.3. The smallest absolute Gasteiger partial charge is 0.278 e. The van der Waals surface area contributed by atoms with Crippen molar-refractivity contribution < 1.29 is 4.79 Å². The third-order valence-electron chi connectivity index (χ3n) is 5.77. The van der Waals surface area contributed by atoms with Crippen molar-refractivity contribution in [3.63, 3.8) is 0 Å². The number of imidazole rings is 1. The van der Waals surface area contributed by atoms with Gasteiger partial charge in [-0.3, -0.25) is 9.80 Å². The zero-order chi connectivity index (χ0) is 23.9. The normalized spacial score (nSPS) is 11.2. The van der Waals surface area contributed by atoms with Crippen molar-refractivity contribution in [1.82, 2.24) is 15.4 Å². The molecule has 4 aromatic carbocycles. The average molecular weight is 460 g/mol. The molecule has 0 bridgehead atoms. The molecular weight excluding hydrogens is 434 g/mol. The molecule has 5 rings (SSSR count). The van der Waals surface area contributed by atoms with Crippen molar-refractivity contribution in [2.45, 2.75) is 6.42 Å². The minimum Gasteiger partial charge on any atom is -0.348 e. The molecule has 2 N–H and O–H groups in total. The predicted molar refractivity (Wildman–Crippen MR) is 141 cm³/mol. The van der Waals surface area contributed by atoms with Gasteiger partial charge in [-0.25, -0.2) is 10.4 Å². The van der Waals surface area contributed by atoms with Crippen molar-refractivity contribution in [3.05, 3.63) is 121 Å². The highest BCUT2D eigenvalue weighted by atomic mass is 16.1. The third-order valence-corrected chi connectivity index (χ3v) is 5.77. The number of carbonyl (C=O) groups is 1. The standard InChI is InChI=1S/C29H25N5O/c35-29(26-11-10-23-8-4-5-9-25(23)18-26)32-21-34(33-17-16-27-19-30-20-31-27)28-14-12-24(13-15-28)22-6-2-1-3-7-22/h1-15,18-21,33H,16-17H2,(H,30,31). The number of H-pyrrole nitrogens is 1. The Morgan fingerprint density at radius 2 is 1.63 bits per heavy atom. The molecule has 0 unspecified atom stereocenters. The first-order chi connectivity index (χ1) is 17.3. The van der Waals surface area contributed by atoms with Crippen molar-refractivity contribution >= 4 is 28.7 Å². The quantitative estimate of drug-likeness (QED) is 0.179. The van der Waals surface area contributed by atoms with E-state index in [-0.39, 0.29) is 5.91 Å². The van der Waals surface area contributed by atoms with Gasteiger partial charge in [-0.15, -0.1) is 0 Å². The number of aliphatic imine (C=N–C) groups is 1. The minimum absolute atomic E-state index is 0.294. The van der Waals surface area contributed by atoms with Crippen molar-refractivity contribution in [1.29, 1.82) is 0 Å². The van der Waals surface area contributed by atoms with E-state index in [1.807, 2.05) is 72.8 Å². The first kappa shape index (κ1) is 22.3. The van der Waals surface area contributed by atoms with Crippen LogP contribution in [0.25, 0.3) is 21.9 Å². The van der Waals surface area contributed by atoms with Gasteiger partial charge >= 0.3 is 0 Å². The molecule has 5 aromatic rings.